The normalized spacial score (nSPS) is 18.6. The summed E-state index contributed by atoms with van der Waals surface area (Å²) in [4.78, 5) is 25.7. The molecule has 1 fully saturated rings. The number of hydrogen-bond acceptors (Lipinski definition) is 3. The molecule has 0 aromatic heterocycles. The Hall–Kier alpha value is -1.10. The molecule has 0 aliphatic heterocycles. The molecule has 1 amide bonds. The zero-order chi connectivity index (χ0) is 15.2. The lowest BCUT2D eigenvalue weighted by Crippen LogP contribution is -2.43. The van der Waals surface area contributed by atoms with E-state index in [4.69, 9.17) is 5.11 Å². The van der Waals surface area contributed by atoms with Crippen molar-refractivity contribution in [1.29, 1.82) is 0 Å². The fourth-order valence-corrected chi connectivity index (χ4v) is 3.04. The van der Waals surface area contributed by atoms with Crippen LogP contribution in [0.3, 0.4) is 0 Å². The fraction of sp³-hybridized carbons (Fsp3) is 0.867. The minimum Gasteiger partial charge on any atom is -0.481 e. The van der Waals surface area contributed by atoms with Gasteiger partial charge in [0.25, 0.3) is 0 Å². The molecule has 0 aromatic carbocycles. The zero-order valence-electron chi connectivity index (χ0n) is 12.6. The van der Waals surface area contributed by atoms with Crippen LogP contribution in [0.1, 0.15) is 58.8 Å². The molecule has 0 saturated heterocycles. The number of carboxylic acid groups (broad SMARTS) is 1. The van der Waals surface area contributed by atoms with Gasteiger partial charge in [0, 0.05) is 19.0 Å². The van der Waals surface area contributed by atoms with Crippen molar-refractivity contribution in [2.45, 2.75) is 64.8 Å². The van der Waals surface area contributed by atoms with E-state index in [1.165, 1.54) is 0 Å². The third kappa shape index (κ3) is 4.20. The van der Waals surface area contributed by atoms with Gasteiger partial charge in [0.1, 0.15) is 0 Å². The Balaban J connectivity index is 2.83. The quantitative estimate of drug-likeness (QED) is 0.732. The molecule has 0 heterocycles. The number of aliphatic hydroxyl groups is 1. The molecule has 0 bridgehead atoms. The molecule has 1 aliphatic carbocycles. The highest BCUT2D eigenvalue weighted by Gasteiger charge is 2.41. The van der Waals surface area contributed by atoms with E-state index in [1.54, 1.807) is 4.90 Å². The molecule has 5 heteroatoms. The Bertz CT molecular complexity index is 333. The van der Waals surface area contributed by atoms with Gasteiger partial charge in [-0.1, -0.05) is 25.7 Å². The zero-order valence-corrected chi connectivity index (χ0v) is 12.6. The van der Waals surface area contributed by atoms with Crippen molar-refractivity contribution in [2.75, 3.05) is 13.2 Å². The highest BCUT2D eigenvalue weighted by atomic mass is 16.4. The number of aliphatic hydroxyl groups excluding tert-OH is 1. The number of hydrogen-bond donors (Lipinski definition) is 2. The topological polar surface area (TPSA) is 77.8 Å². The molecule has 0 aromatic rings. The summed E-state index contributed by atoms with van der Waals surface area (Å²) in [6, 6.07) is -0.0220. The number of rotatable bonds is 6. The van der Waals surface area contributed by atoms with Crippen molar-refractivity contribution in [3.8, 4) is 0 Å². The molecule has 2 N–H and O–H groups in total. The SMILES string of the molecule is CC(C)N(CCO)C(=O)CC1(C(=O)O)CCCCCC1. The first-order chi connectivity index (χ1) is 9.43. The summed E-state index contributed by atoms with van der Waals surface area (Å²) in [7, 11) is 0. The molecule has 1 aliphatic rings. The lowest BCUT2D eigenvalue weighted by molar-refractivity contribution is -0.155. The standard InChI is InChI=1S/C15H27NO4/c1-12(2)16(9-10-17)13(18)11-15(14(19)20)7-5-3-4-6-8-15/h12,17H,3-11H2,1-2H3,(H,19,20). The Morgan fingerprint density at radius 1 is 1.15 bits per heavy atom. The molecule has 20 heavy (non-hydrogen) atoms. The first-order valence-corrected chi connectivity index (χ1v) is 7.57. The largest absolute Gasteiger partial charge is 0.481 e. The van der Waals surface area contributed by atoms with Gasteiger partial charge in [-0.25, -0.2) is 0 Å². The van der Waals surface area contributed by atoms with E-state index in [2.05, 4.69) is 0 Å². The third-order valence-corrected chi connectivity index (χ3v) is 4.29. The Morgan fingerprint density at radius 2 is 1.70 bits per heavy atom. The highest BCUT2D eigenvalue weighted by Crippen LogP contribution is 2.39. The smallest absolute Gasteiger partial charge is 0.310 e. The van der Waals surface area contributed by atoms with Gasteiger partial charge in [-0.3, -0.25) is 9.59 Å². The summed E-state index contributed by atoms with van der Waals surface area (Å²) < 4.78 is 0. The number of carbonyl (C=O) groups excluding carboxylic acids is 1. The molecule has 116 valence electrons. The second kappa shape index (κ2) is 7.62. The van der Waals surface area contributed by atoms with E-state index >= 15 is 0 Å². The van der Waals surface area contributed by atoms with Crippen LogP contribution in [0.5, 0.6) is 0 Å². The molecule has 0 unspecified atom stereocenters. The predicted octanol–water partition coefficient (Wildman–Crippen LogP) is 2.03. The van der Waals surface area contributed by atoms with Crippen LogP contribution in [0.4, 0.5) is 0 Å². The maximum Gasteiger partial charge on any atom is 0.310 e. The fourth-order valence-electron chi connectivity index (χ4n) is 3.04. The second-order valence-corrected chi connectivity index (χ2v) is 6.08. The first-order valence-electron chi connectivity index (χ1n) is 7.57. The van der Waals surface area contributed by atoms with Gasteiger partial charge in [0.2, 0.25) is 5.91 Å². The van der Waals surface area contributed by atoms with Crippen molar-refractivity contribution in [1.82, 2.24) is 4.90 Å². The monoisotopic (exact) mass is 285 g/mol. The van der Waals surface area contributed by atoms with Crippen molar-refractivity contribution in [2.24, 2.45) is 5.41 Å². The summed E-state index contributed by atoms with van der Waals surface area (Å²) in [5.41, 5.74) is -0.907. The van der Waals surface area contributed by atoms with Crippen molar-refractivity contribution < 1.29 is 19.8 Å². The first kappa shape index (κ1) is 17.0. The van der Waals surface area contributed by atoms with E-state index in [-0.39, 0.29) is 31.5 Å². The molecule has 0 atom stereocenters. The summed E-state index contributed by atoms with van der Waals surface area (Å²) in [6.07, 6.45) is 5.07. The maximum absolute atomic E-state index is 12.4. The Morgan fingerprint density at radius 3 is 2.10 bits per heavy atom. The van der Waals surface area contributed by atoms with Crippen molar-refractivity contribution >= 4 is 11.9 Å². The van der Waals surface area contributed by atoms with E-state index in [0.29, 0.717) is 12.8 Å². The van der Waals surface area contributed by atoms with Gasteiger partial charge in [-0.15, -0.1) is 0 Å². The Labute approximate surface area is 121 Å². The van der Waals surface area contributed by atoms with Crippen LogP contribution >= 0.6 is 0 Å². The van der Waals surface area contributed by atoms with Crippen LogP contribution in [0.25, 0.3) is 0 Å². The average Bonchev–Trinajstić information content (AvgIpc) is 2.61. The van der Waals surface area contributed by atoms with Crippen LogP contribution in [0.2, 0.25) is 0 Å². The summed E-state index contributed by atoms with van der Waals surface area (Å²) in [5.74, 6) is -1.00. The number of carbonyl (C=O) groups is 2. The molecule has 0 radical (unpaired) electrons. The van der Waals surface area contributed by atoms with Crippen LogP contribution in [-0.2, 0) is 9.59 Å². The van der Waals surface area contributed by atoms with Gasteiger partial charge < -0.3 is 15.1 Å². The van der Waals surface area contributed by atoms with E-state index in [0.717, 1.165) is 25.7 Å². The van der Waals surface area contributed by atoms with Crippen LogP contribution < -0.4 is 0 Å². The van der Waals surface area contributed by atoms with Gasteiger partial charge >= 0.3 is 5.97 Å². The van der Waals surface area contributed by atoms with Gasteiger partial charge in [-0.05, 0) is 26.7 Å². The minimum absolute atomic E-state index is 0.0220. The van der Waals surface area contributed by atoms with Gasteiger partial charge in [-0.2, -0.15) is 0 Å². The third-order valence-electron chi connectivity index (χ3n) is 4.29. The highest BCUT2D eigenvalue weighted by molar-refractivity contribution is 5.85. The van der Waals surface area contributed by atoms with Crippen LogP contribution in [-0.4, -0.2) is 46.2 Å². The van der Waals surface area contributed by atoms with Crippen LogP contribution in [0, 0.1) is 5.41 Å². The van der Waals surface area contributed by atoms with Gasteiger partial charge in [0.05, 0.1) is 12.0 Å². The minimum atomic E-state index is -0.907. The molecular formula is C15H27NO4. The predicted molar refractivity (Wildman–Crippen MR) is 76.3 cm³/mol. The van der Waals surface area contributed by atoms with Crippen molar-refractivity contribution in [3.63, 3.8) is 0 Å². The molecule has 5 nitrogen and oxygen atoms in total. The Kier molecular flexibility index (Phi) is 6.46. The number of aliphatic carboxylic acids is 1. The summed E-state index contributed by atoms with van der Waals surface area (Å²) in [5, 5.41) is 18.6. The molecule has 1 saturated carbocycles. The van der Waals surface area contributed by atoms with Crippen molar-refractivity contribution in [3.05, 3.63) is 0 Å². The maximum atomic E-state index is 12.4. The number of amides is 1. The van der Waals surface area contributed by atoms with Gasteiger partial charge in [0.15, 0.2) is 0 Å². The molecule has 0 spiro atoms. The summed E-state index contributed by atoms with van der Waals surface area (Å²) in [6.45, 7) is 3.94. The van der Waals surface area contributed by atoms with E-state index in [1.807, 2.05) is 13.8 Å². The summed E-state index contributed by atoms with van der Waals surface area (Å²) >= 11 is 0. The average molecular weight is 285 g/mol. The van der Waals surface area contributed by atoms with Crippen LogP contribution in [0.15, 0.2) is 0 Å². The van der Waals surface area contributed by atoms with E-state index in [9.17, 15) is 14.7 Å². The number of carboxylic acids is 1. The lowest BCUT2D eigenvalue weighted by atomic mass is 9.77. The molecular weight excluding hydrogens is 258 g/mol. The van der Waals surface area contributed by atoms with E-state index < -0.39 is 11.4 Å². The lowest BCUT2D eigenvalue weighted by Gasteiger charge is -2.32. The number of nitrogens with zero attached hydrogens (tertiary/aromatic N) is 1. The molecule has 1 rings (SSSR count). The second-order valence-electron chi connectivity index (χ2n) is 6.08.